The molecule has 0 saturated heterocycles. The van der Waals surface area contributed by atoms with Crippen molar-refractivity contribution in [2.45, 2.75) is 3.77 Å². The van der Waals surface area contributed by atoms with Crippen molar-refractivity contribution in [3.05, 3.63) is 121 Å². The van der Waals surface area contributed by atoms with E-state index < -0.39 is 7.26 Å². The van der Waals surface area contributed by atoms with Crippen molar-refractivity contribution in [1.82, 2.24) is 4.98 Å². The number of hydrogen-bond acceptors (Lipinski definition) is 2. The largest absolute Gasteiger partial charge is 1.00 e. The molecule has 0 N–H and O–H groups in total. The number of benzene rings is 4. The van der Waals surface area contributed by atoms with Crippen LogP contribution in [0, 0.1) is 0 Å². The molecule has 5 aromatic rings. The van der Waals surface area contributed by atoms with Crippen LogP contribution in [0.25, 0.3) is 10.1 Å². The van der Waals surface area contributed by atoms with Gasteiger partial charge in [-0.25, -0.2) is 0 Å². The van der Waals surface area contributed by atoms with Gasteiger partial charge in [0, 0.05) is 0 Å². The summed E-state index contributed by atoms with van der Waals surface area (Å²) < 4.78 is 2.66. The molecule has 0 atom stereocenters. The van der Waals surface area contributed by atoms with E-state index in [0.29, 0.717) is 0 Å². The Balaban J connectivity index is 0.00000259. The summed E-state index contributed by atoms with van der Waals surface area (Å²) in [5.41, 5.74) is 2.51. The molecule has 0 spiro atoms. The molecular weight excluding hydrogens is 619 g/mol. The predicted molar refractivity (Wildman–Crippen MR) is 143 cm³/mol. The minimum atomic E-state index is -2.14. The van der Waals surface area contributed by atoms with Gasteiger partial charge in [0.1, 0.15) is 0 Å². The topological polar surface area (TPSA) is 12.9 Å². The molecule has 0 aliphatic carbocycles. The Bertz CT molecular complexity index is 1200. The van der Waals surface area contributed by atoms with E-state index in [4.69, 9.17) is 4.98 Å². The van der Waals surface area contributed by atoms with E-state index >= 15 is 0 Å². The van der Waals surface area contributed by atoms with Gasteiger partial charge in [-0.1, -0.05) is 0 Å². The minimum absolute atomic E-state index is 0. The fourth-order valence-electron chi connectivity index (χ4n) is 4.12. The van der Waals surface area contributed by atoms with Gasteiger partial charge >= 0.3 is 201 Å². The van der Waals surface area contributed by atoms with Crippen LogP contribution in [0.1, 0.15) is 0 Å². The van der Waals surface area contributed by atoms with Gasteiger partial charge in [-0.2, -0.15) is 0 Å². The van der Waals surface area contributed by atoms with E-state index in [0.717, 1.165) is 0 Å². The van der Waals surface area contributed by atoms with Gasteiger partial charge in [-0.3, -0.25) is 0 Å². The first-order chi connectivity index (χ1) is 15.8. The van der Waals surface area contributed by atoms with Crippen LogP contribution in [0.4, 0.5) is 0 Å². The quantitative estimate of drug-likeness (QED) is 0.122. The fourth-order valence-corrected chi connectivity index (χ4v) is 12.8. The third kappa shape index (κ3) is 4.65. The second-order valence-electron chi connectivity index (χ2n) is 7.38. The molecule has 0 saturated carbocycles. The molecule has 0 aliphatic heterocycles. The molecule has 1 nitrogen and oxygen atoms in total. The summed E-state index contributed by atoms with van der Waals surface area (Å²) >= 11 is 2.06. The Kier molecular flexibility index (Phi) is 8.27. The summed E-state index contributed by atoms with van der Waals surface area (Å²) in [5.74, 6) is 0. The van der Waals surface area contributed by atoms with E-state index in [2.05, 4.69) is 128 Å². The molecule has 1 aromatic heterocycles. The fraction of sp³-hybridized carbons (Fsp3) is 0.0357. The number of nitrogens with zero attached hydrogens (tertiary/aromatic N) is 1. The Morgan fingerprint density at radius 2 is 1.00 bits per heavy atom. The Hall–Kier alpha value is -1.68. The van der Waals surface area contributed by atoms with Crippen molar-refractivity contribution in [1.29, 1.82) is 0 Å². The van der Waals surface area contributed by atoms with E-state index in [1.807, 2.05) is 11.8 Å². The smallest absolute Gasteiger partial charge is 1.00 e. The van der Waals surface area contributed by atoms with Crippen LogP contribution in [-0.4, -0.2) is 25.7 Å². The van der Waals surface area contributed by atoms with Crippen LogP contribution in [0.2, 0.25) is 0 Å². The Morgan fingerprint density at radius 1 is 0.606 bits per heavy atom. The van der Waals surface area contributed by atoms with Gasteiger partial charge in [0.25, 0.3) is 0 Å². The van der Waals surface area contributed by atoms with Crippen LogP contribution >= 0.6 is 19.0 Å². The number of thioether (sulfide) groups is 1. The number of rotatable bonds is 6. The van der Waals surface area contributed by atoms with Crippen LogP contribution in [0.15, 0.2) is 125 Å². The van der Waals surface area contributed by atoms with Gasteiger partial charge in [0.15, 0.2) is 0 Å². The van der Waals surface area contributed by atoms with Crippen molar-refractivity contribution in [3.8, 4) is 10.1 Å². The molecule has 5 heteroatoms. The first-order valence-electron chi connectivity index (χ1n) is 10.5. The summed E-state index contributed by atoms with van der Waals surface area (Å²) in [4.78, 5) is 5.46. The number of halogens is 1. The molecule has 33 heavy (non-hydrogen) atoms. The van der Waals surface area contributed by atoms with E-state index in [9.17, 15) is 0 Å². The van der Waals surface area contributed by atoms with E-state index in [-0.39, 0.29) is 38.5 Å². The zero-order chi connectivity index (χ0) is 21.8. The first kappa shape index (κ1) is 24.4. The van der Waals surface area contributed by atoms with Crippen LogP contribution in [0.5, 0.6) is 0 Å². The summed E-state index contributed by atoms with van der Waals surface area (Å²) in [6, 6.07) is 43.7. The zero-order valence-electron chi connectivity index (χ0n) is 18.1. The molecular formula is C28H23INPSSe. The van der Waals surface area contributed by atoms with Crippen molar-refractivity contribution in [2.75, 3.05) is 6.26 Å². The van der Waals surface area contributed by atoms with Gasteiger partial charge in [-0.15, -0.1) is 0 Å². The molecule has 0 radical (unpaired) electrons. The first-order valence-corrected chi connectivity index (χ1v) is 15.2. The molecule has 0 unspecified atom stereocenters. The van der Waals surface area contributed by atoms with E-state index in [1.165, 1.54) is 35.2 Å². The average Bonchev–Trinajstić information content (AvgIpc) is 3.32. The average molecular weight is 642 g/mol. The molecule has 0 aliphatic rings. The van der Waals surface area contributed by atoms with Crippen molar-refractivity contribution in [3.63, 3.8) is 0 Å². The number of aromatic nitrogens is 1. The molecule has 0 bridgehead atoms. The number of hydrogen-bond donors (Lipinski definition) is 0. The third-order valence-electron chi connectivity index (χ3n) is 5.53. The maximum Gasteiger partial charge on any atom is -1.00 e. The molecule has 0 fully saturated rings. The predicted octanol–water partition coefficient (Wildman–Crippen LogP) is 2.15. The van der Waals surface area contributed by atoms with Gasteiger partial charge in [0.05, 0.1) is 0 Å². The van der Waals surface area contributed by atoms with E-state index in [1.54, 1.807) is 0 Å². The second-order valence-corrected chi connectivity index (χ2v) is 14.2. The van der Waals surface area contributed by atoms with Crippen LogP contribution in [0.3, 0.4) is 0 Å². The normalized spacial score (nSPS) is 11.1. The maximum absolute atomic E-state index is 5.46. The Morgan fingerprint density at radius 3 is 1.39 bits per heavy atom. The third-order valence-corrected chi connectivity index (χ3v) is 14.1. The minimum Gasteiger partial charge on any atom is -1.00 e. The van der Waals surface area contributed by atoms with Crippen LogP contribution < -0.4 is 45.3 Å². The zero-order valence-corrected chi connectivity index (χ0v) is 23.7. The molecule has 5 rings (SSSR count). The summed E-state index contributed by atoms with van der Waals surface area (Å²) in [6.45, 7) is 0. The van der Waals surface area contributed by atoms with Crippen molar-refractivity contribution < 1.29 is 24.0 Å². The standard InChI is InChI=1S/C28H23NPSSe.HI/c1-31-28-26(29-27(32-28)22-14-6-2-7-15-22)30(23-16-8-3-9-17-23,24-18-10-4-11-19-24)25-20-12-5-13-21-25;/h2-21H,1H3;1H/q+1;/p-1. The second kappa shape index (κ2) is 11.2. The van der Waals surface area contributed by atoms with Gasteiger partial charge in [0.2, 0.25) is 0 Å². The monoisotopic (exact) mass is 643 g/mol. The molecule has 164 valence electrons. The molecule has 4 aromatic carbocycles. The van der Waals surface area contributed by atoms with Gasteiger partial charge < -0.3 is 24.0 Å². The summed E-state index contributed by atoms with van der Waals surface area (Å²) in [7, 11) is -2.14. The summed E-state index contributed by atoms with van der Waals surface area (Å²) in [5, 5.41) is 4.06. The SMILES string of the molecule is CSc1[se]c(-c2ccccc2)nc1[P+](c1ccccc1)(c1ccccc1)c1ccccc1.[I-]. The molecule has 1 heterocycles. The maximum atomic E-state index is 5.46. The van der Waals surface area contributed by atoms with Crippen LogP contribution in [-0.2, 0) is 0 Å². The summed E-state index contributed by atoms with van der Waals surface area (Å²) in [6.07, 6.45) is 2.20. The van der Waals surface area contributed by atoms with Gasteiger partial charge in [-0.05, 0) is 0 Å². The van der Waals surface area contributed by atoms with Crippen molar-refractivity contribution >= 4 is 54.9 Å². The Labute approximate surface area is 223 Å². The van der Waals surface area contributed by atoms with Crippen molar-refractivity contribution in [2.24, 2.45) is 0 Å². The molecule has 0 amide bonds.